The van der Waals surface area contributed by atoms with Gasteiger partial charge < -0.3 is 10.1 Å². The van der Waals surface area contributed by atoms with Crippen LogP contribution in [0, 0.1) is 11.3 Å². The Labute approximate surface area is 102 Å². The molecule has 0 saturated carbocycles. The van der Waals surface area contributed by atoms with Crippen molar-refractivity contribution in [2.75, 3.05) is 33.3 Å². The highest BCUT2D eigenvalue weighted by atomic mass is 16.5. The predicted octanol–water partition coefficient (Wildman–Crippen LogP) is 0.972. The van der Waals surface area contributed by atoms with E-state index in [1.54, 1.807) is 7.11 Å². The van der Waals surface area contributed by atoms with E-state index in [0.717, 1.165) is 32.7 Å². The van der Waals surface area contributed by atoms with Gasteiger partial charge in [-0.15, -0.1) is 0 Å². The molecule has 0 amide bonds. The zero-order valence-corrected chi connectivity index (χ0v) is 10.1. The second-order valence-corrected chi connectivity index (χ2v) is 4.17. The van der Waals surface area contributed by atoms with Gasteiger partial charge in [0.2, 0.25) is 0 Å². The molecule has 0 radical (unpaired) electrons. The summed E-state index contributed by atoms with van der Waals surface area (Å²) in [6.07, 6.45) is 0. The summed E-state index contributed by atoms with van der Waals surface area (Å²) in [5.74, 6) is 0.667. The molecule has 1 saturated heterocycles. The first-order valence-electron chi connectivity index (χ1n) is 5.83. The van der Waals surface area contributed by atoms with Crippen molar-refractivity contribution in [3.63, 3.8) is 0 Å². The molecule has 17 heavy (non-hydrogen) atoms. The van der Waals surface area contributed by atoms with Crippen molar-refractivity contribution in [3.05, 3.63) is 29.3 Å². The number of methoxy groups -OCH3 is 1. The van der Waals surface area contributed by atoms with Crippen LogP contribution in [0.5, 0.6) is 5.75 Å². The smallest absolute Gasteiger partial charge is 0.136 e. The number of nitrogens with one attached hydrogen (secondary N) is 1. The van der Waals surface area contributed by atoms with Crippen LogP contribution in [0.3, 0.4) is 0 Å². The van der Waals surface area contributed by atoms with Crippen LogP contribution in [-0.4, -0.2) is 38.2 Å². The maximum Gasteiger partial charge on any atom is 0.136 e. The summed E-state index contributed by atoms with van der Waals surface area (Å²) in [7, 11) is 1.60. The van der Waals surface area contributed by atoms with Crippen LogP contribution < -0.4 is 10.1 Å². The lowest BCUT2D eigenvalue weighted by atomic mass is 10.1. The van der Waals surface area contributed by atoms with E-state index in [9.17, 15) is 0 Å². The maximum atomic E-state index is 8.91. The molecular weight excluding hydrogens is 214 g/mol. The first-order valence-corrected chi connectivity index (χ1v) is 5.83. The molecule has 1 aliphatic rings. The first-order chi connectivity index (χ1) is 8.33. The maximum absolute atomic E-state index is 8.91. The molecule has 4 nitrogen and oxygen atoms in total. The number of nitriles is 1. The van der Waals surface area contributed by atoms with Gasteiger partial charge in [-0.05, 0) is 17.7 Å². The summed E-state index contributed by atoms with van der Waals surface area (Å²) >= 11 is 0. The first kappa shape index (κ1) is 11.9. The summed E-state index contributed by atoms with van der Waals surface area (Å²) < 4.78 is 5.21. The van der Waals surface area contributed by atoms with E-state index in [2.05, 4.69) is 16.3 Å². The van der Waals surface area contributed by atoms with Gasteiger partial charge in [0.1, 0.15) is 11.8 Å². The van der Waals surface area contributed by atoms with E-state index in [4.69, 9.17) is 10.00 Å². The van der Waals surface area contributed by atoms with Gasteiger partial charge in [0, 0.05) is 32.7 Å². The quantitative estimate of drug-likeness (QED) is 0.842. The van der Waals surface area contributed by atoms with Gasteiger partial charge in [-0.3, -0.25) is 4.90 Å². The van der Waals surface area contributed by atoms with Gasteiger partial charge in [-0.2, -0.15) is 5.26 Å². The lowest BCUT2D eigenvalue weighted by Gasteiger charge is -2.27. The predicted molar refractivity (Wildman–Crippen MR) is 65.9 cm³/mol. The Kier molecular flexibility index (Phi) is 3.97. The Morgan fingerprint density at radius 1 is 1.41 bits per heavy atom. The molecule has 0 spiro atoms. The van der Waals surface area contributed by atoms with Crippen LogP contribution in [0.2, 0.25) is 0 Å². The second kappa shape index (κ2) is 5.67. The Morgan fingerprint density at radius 2 is 2.18 bits per heavy atom. The molecule has 1 aromatic rings. The van der Waals surface area contributed by atoms with Crippen LogP contribution in [0.15, 0.2) is 18.2 Å². The van der Waals surface area contributed by atoms with E-state index >= 15 is 0 Å². The van der Waals surface area contributed by atoms with E-state index in [1.165, 1.54) is 5.56 Å². The van der Waals surface area contributed by atoms with Crippen molar-refractivity contribution >= 4 is 0 Å². The van der Waals surface area contributed by atoms with E-state index < -0.39 is 0 Å². The molecule has 0 aliphatic carbocycles. The summed E-state index contributed by atoms with van der Waals surface area (Å²) in [6.45, 7) is 5.16. The summed E-state index contributed by atoms with van der Waals surface area (Å²) in [6, 6.07) is 7.92. The average Bonchev–Trinajstić information content (AvgIpc) is 2.40. The molecule has 2 rings (SSSR count). The molecule has 0 unspecified atom stereocenters. The lowest BCUT2D eigenvalue weighted by Crippen LogP contribution is -2.42. The summed E-state index contributed by atoms with van der Waals surface area (Å²) in [5, 5.41) is 12.2. The highest BCUT2D eigenvalue weighted by Gasteiger charge is 2.11. The molecule has 4 heteroatoms. The average molecular weight is 231 g/mol. The third kappa shape index (κ3) is 2.96. The molecule has 0 atom stereocenters. The van der Waals surface area contributed by atoms with Crippen molar-refractivity contribution in [3.8, 4) is 11.8 Å². The van der Waals surface area contributed by atoms with Crippen LogP contribution in [0.25, 0.3) is 0 Å². The lowest BCUT2D eigenvalue weighted by molar-refractivity contribution is 0.233. The molecule has 0 aromatic heterocycles. The van der Waals surface area contributed by atoms with Gasteiger partial charge in [-0.25, -0.2) is 0 Å². The normalized spacial score (nSPS) is 16.5. The molecule has 1 aliphatic heterocycles. The van der Waals surface area contributed by atoms with Gasteiger partial charge in [0.05, 0.1) is 12.7 Å². The zero-order valence-electron chi connectivity index (χ0n) is 10.1. The van der Waals surface area contributed by atoms with E-state index in [-0.39, 0.29) is 0 Å². The van der Waals surface area contributed by atoms with Crippen molar-refractivity contribution < 1.29 is 4.74 Å². The van der Waals surface area contributed by atoms with Gasteiger partial charge in [0.15, 0.2) is 0 Å². The van der Waals surface area contributed by atoms with Crippen LogP contribution in [0.1, 0.15) is 11.1 Å². The highest BCUT2D eigenvalue weighted by molar-refractivity contribution is 5.45. The monoisotopic (exact) mass is 231 g/mol. The molecule has 0 bridgehead atoms. The number of nitrogens with zero attached hydrogens (tertiary/aromatic N) is 2. The Morgan fingerprint density at radius 3 is 2.82 bits per heavy atom. The number of benzene rings is 1. The minimum Gasteiger partial charge on any atom is -0.495 e. The molecule has 1 N–H and O–H groups in total. The van der Waals surface area contributed by atoms with E-state index in [0.29, 0.717) is 11.3 Å². The third-order valence-corrected chi connectivity index (χ3v) is 3.00. The van der Waals surface area contributed by atoms with Gasteiger partial charge in [-0.1, -0.05) is 6.07 Å². The highest BCUT2D eigenvalue weighted by Crippen LogP contribution is 2.20. The minimum atomic E-state index is 0.594. The second-order valence-electron chi connectivity index (χ2n) is 4.17. The van der Waals surface area contributed by atoms with E-state index in [1.807, 2.05) is 18.2 Å². The molecule has 1 fully saturated rings. The minimum absolute atomic E-state index is 0.594. The fraction of sp³-hybridized carbons (Fsp3) is 0.462. The van der Waals surface area contributed by atoms with Gasteiger partial charge in [0.25, 0.3) is 0 Å². The summed E-state index contributed by atoms with van der Waals surface area (Å²) in [5.41, 5.74) is 1.79. The van der Waals surface area contributed by atoms with Crippen molar-refractivity contribution in [1.82, 2.24) is 10.2 Å². The van der Waals surface area contributed by atoms with Crippen molar-refractivity contribution in [1.29, 1.82) is 5.26 Å². The fourth-order valence-corrected chi connectivity index (χ4v) is 2.05. The Bertz CT molecular complexity index is 419. The Balaban J connectivity index is 2.08. The number of ether oxygens (including phenoxy) is 1. The van der Waals surface area contributed by atoms with Crippen LogP contribution in [0.4, 0.5) is 0 Å². The van der Waals surface area contributed by atoms with Crippen molar-refractivity contribution in [2.45, 2.75) is 6.54 Å². The van der Waals surface area contributed by atoms with Crippen molar-refractivity contribution in [2.24, 2.45) is 0 Å². The number of rotatable bonds is 3. The topological polar surface area (TPSA) is 48.3 Å². The van der Waals surface area contributed by atoms with Crippen LogP contribution in [-0.2, 0) is 6.54 Å². The summed E-state index contributed by atoms with van der Waals surface area (Å²) in [4.78, 5) is 2.40. The zero-order chi connectivity index (χ0) is 12.1. The largest absolute Gasteiger partial charge is 0.495 e. The number of hydrogen-bond acceptors (Lipinski definition) is 4. The number of hydrogen-bond donors (Lipinski definition) is 1. The molecule has 1 aromatic carbocycles. The standard InChI is InChI=1S/C13H17N3O/c1-17-13-8-11(2-3-12(13)9-14)10-16-6-4-15-5-7-16/h2-3,8,15H,4-7,10H2,1H3. The Hall–Kier alpha value is -1.57. The fourth-order valence-electron chi connectivity index (χ4n) is 2.05. The third-order valence-electron chi connectivity index (χ3n) is 3.00. The molecular formula is C13H17N3O. The van der Waals surface area contributed by atoms with Gasteiger partial charge >= 0.3 is 0 Å². The number of piperazine rings is 1. The van der Waals surface area contributed by atoms with Crippen LogP contribution >= 0.6 is 0 Å². The SMILES string of the molecule is COc1cc(CN2CCNCC2)ccc1C#N. The molecule has 90 valence electrons. The molecule has 1 heterocycles.